The highest BCUT2D eigenvalue weighted by atomic mass is 32.2. The molecule has 0 aliphatic carbocycles. The van der Waals surface area contributed by atoms with Crippen molar-refractivity contribution in [3.05, 3.63) is 0 Å². The number of nitrogens with one attached hydrogen (secondary N) is 2. The number of nitrogens with zero attached hydrogens (tertiary/aromatic N) is 1. The van der Waals surface area contributed by atoms with Crippen molar-refractivity contribution in [2.45, 2.75) is 65.2 Å². The summed E-state index contributed by atoms with van der Waals surface area (Å²) in [5.74, 6) is 0.996. The molecule has 0 amide bonds. The average Bonchev–Trinajstić information content (AvgIpc) is 2.45. The van der Waals surface area contributed by atoms with Crippen LogP contribution in [0, 0.1) is 0 Å². The number of sulfone groups is 1. The van der Waals surface area contributed by atoms with Crippen molar-refractivity contribution in [2.24, 2.45) is 4.99 Å². The molecule has 0 saturated heterocycles. The van der Waals surface area contributed by atoms with Gasteiger partial charge in [0.05, 0.1) is 5.75 Å². The highest BCUT2D eigenvalue weighted by Crippen LogP contribution is 2.06. The number of aliphatic imine (C=N–C) groups is 1. The summed E-state index contributed by atoms with van der Waals surface area (Å²) in [5, 5.41) is 6.50. The van der Waals surface area contributed by atoms with Gasteiger partial charge in [-0.3, -0.25) is 4.99 Å². The van der Waals surface area contributed by atoms with Gasteiger partial charge in [-0.25, -0.2) is 8.42 Å². The van der Waals surface area contributed by atoms with Crippen molar-refractivity contribution < 1.29 is 8.42 Å². The molecule has 0 radical (unpaired) electrons. The fourth-order valence-electron chi connectivity index (χ4n) is 2.15. The summed E-state index contributed by atoms with van der Waals surface area (Å²) < 4.78 is 22.1. The maximum Gasteiger partial charge on any atom is 0.191 e. The first kappa shape index (κ1) is 21.2. The number of guanidine groups is 1. The third-order valence-corrected chi connectivity index (χ3v) is 4.39. The van der Waals surface area contributed by atoms with E-state index in [9.17, 15) is 8.42 Å². The van der Waals surface area contributed by atoms with Crippen LogP contribution in [0.15, 0.2) is 4.99 Å². The average molecular weight is 334 g/mol. The number of rotatable bonds is 13. The minimum Gasteiger partial charge on any atom is -0.357 e. The minimum atomic E-state index is -2.88. The number of unbranched alkanes of at least 4 members (excludes halogenated alkanes) is 6. The van der Waals surface area contributed by atoms with E-state index in [2.05, 4.69) is 22.5 Å². The Hall–Kier alpha value is -0.780. The summed E-state index contributed by atoms with van der Waals surface area (Å²) in [6.07, 6.45) is 10.9. The summed E-state index contributed by atoms with van der Waals surface area (Å²) >= 11 is 0. The molecule has 22 heavy (non-hydrogen) atoms. The third-order valence-electron chi connectivity index (χ3n) is 3.36. The van der Waals surface area contributed by atoms with E-state index in [4.69, 9.17) is 0 Å². The smallest absolute Gasteiger partial charge is 0.191 e. The zero-order valence-corrected chi connectivity index (χ0v) is 15.5. The van der Waals surface area contributed by atoms with Crippen LogP contribution in [0.1, 0.15) is 65.2 Å². The zero-order chi connectivity index (χ0) is 16.7. The van der Waals surface area contributed by atoms with Crippen molar-refractivity contribution in [1.82, 2.24) is 10.6 Å². The van der Waals surface area contributed by atoms with Gasteiger partial charge in [0.25, 0.3) is 0 Å². The van der Waals surface area contributed by atoms with Gasteiger partial charge in [0, 0.05) is 25.9 Å². The first-order valence-electron chi connectivity index (χ1n) is 8.69. The SMILES string of the molecule is CCCCCCCCCNC(=NCCCS(C)(=O)=O)NCC. The lowest BCUT2D eigenvalue weighted by Gasteiger charge is -2.11. The summed E-state index contributed by atoms with van der Waals surface area (Å²) in [6.45, 7) is 6.54. The molecule has 0 saturated carbocycles. The van der Waals surface area contributed by atoms with E-state index in [1.54, 1.807) is 0 Å². The fourth-order valence-corrected chi connectivity index (χ4v) is 2.80. The molecule has 0 unspecified atom stereocenters. The van der Waals surface area contributed by atoms with E-state index in [0.717, 1.165) is 25.5 Å². The van der Waals surface area contributed by atoms with Gasteiger partial charge in [-0.2, -0.15) is 0 Å². The quantitative estimate of drug-likeness (QED) is 0.309. The molecule has 0 aliphatic rings. The Labute approximate surface area is 137 Å². The van der Waals surface area contributed by atoms with Gasteiger partial charge in [0.2, 0.25) is 0 Å². The molecule has 5 nitrogen and oxygen atoms in total. The first-order chi connectivity index (χ1) is 10.5. The second kappa shape index (κ2) is 13.9. The van der Waals surface area contributed by atoms with Crippen LogP contribution in [0.25, 0.3) is 0 Å². The second-order valence-corrected chi connectivity index (χ2v) is 8.05. The van der Waals surface area contributed by atoms with E-state index in [1.165, 1.54) is 44.8 Å². The maximum absolute atomic E-state index is 11.1. The Morgan fingerprint density at radius 3 is 2.14 bits per heavy atom. The van der Waals surface area contributed by atoms with E-state index >= 15 is 0 Å². The number of hydrogen-bond donors (Lipinski definition) is 2. The van der Waals surface area contributed by atoms with Gasteiger partial charge in [-0.1, -0.05) is 45.4 Å². The highest BCUT2D eigenvalue weighted by Gasteiger charge is 2.01. The first-order valence-corrected chi connectivity index (χ1v) is 10.8. The molecule has 0 bridgehead atoms. The van der Waals surface area contributed by atoms with Crippen LogP contribution in [0.5, 0.6) is 0 Å². The molecule has 0 heterocycles. The molecule has 132 valence electrons. The van der Waals surface area contributed by atoms with Gasteiger partial charge in [-0.15, -0.1) is 0 Å². The molecule has 6 heteroatoms. The molecule has 0 fully saturated rings. The van der Waals surface area contributed by atoms with Gasteiger partial charge in [0.15, 0.2) is 5.96 Å². The Kier molecular flexibility index (Phi) is 13.4. The maximum atomic E-state index is 11.1. The lowest BCUT2D eigenvalue weighted by atomic mass is 10.1. The molecule has 0 aromatic heterocycles. The van der Waals surface area contributed by atoms with Gasteiger partial charge in [0.1, 0.15) is 9.84 Å². The van der Waals surface area contributed by atoms with Crippen molar-refractivity contribution in [1.29, 1.82) is 0 Å². The van der Waals surface area contributed by atoms with E-state index < -0.39 is 9.84 Å². The monoisotopic (exact) mass is 333 g/mol. The molecule has 2 N–H and O–H groups in total. The standard InChI is InChI=1S/C16H35N3O2S/c1-4-6-7-8-9-10-11-13-18-16(17-5-2)19-14-12-15-22(3,20)21/h4-15H2,1-3H3,(H2,17,18,19). The summed E-state index contributed by atoms with van der Waals surface area (Å²) in [5.41, 5.74) is 0. The van der Waals surface area contributed by atoms with Gasteiger partial charge in [-0.05, 0) is 19.8 Å². The molecular weight excluding hydrogens is 298 g/mol. The van der Waals surface area contributed by atoms with Crippen molar-refractivity contribution >= 4 is 15.8 Å². The molecule has 0 rings (SSSR count). The van der Waals surface area contributed by atoms with Crippen LogP contribution in [0.3, 0.4) is 0 Å². The molecule has 0 aromatic rings. The zero-order valence-electron chi connectivity index (χ0n) is 14.7. The normalized spacial score (nSPS) is 12.4. The van der Waals surface area contributed by atoms with Crippen LogP contribution in [-0.2, 0) is 9.84 Å². The topological polar surface area (TPSA) is 70.6 Å². The van der Waals surface area contributed by atoms with Crippen molar-refractivity contribution in [3.63, 3.8) is 0 Å². The van der Waals surface area contributed by atoms with Crippen LogP contribution < -0.4 is 10.6 Å². The van der Waals surface area contributed by atoms with Crippen molar-refractivity contribution in [3.8, 4) is 0 Å². The lowest BCUT2D eigenvalue weighted by molar-refractivity contribution is 0.583. The predicted octanol–water partition coefficient (Wildman–Crippen LogP) is 2.73. The van der Waals surface area contributed by atoms with Crippen LogP contribution >= 0.6 is 0 Å². The molecule has 0 aliphatic heterocycles. The van der Waals surface area contributed by atoms with Gasteiger partial charge >= 0.3 is 0 Å². The molecule has 0 spiro atoms. The molecule has 0 atom stereocenters. The highest BCUT2D eigenvalue weighted by molar-refractivity contribution is 7.90. The summed E-state index contributed by atoms with van der Waals surface area (Å²) in [6, 6.07) is 0. The molecular formula is C16H35N3O2S. The Bertz CT molecular complexity index is 381. The van der Waals surface area contributed by atoms with E-state index in [0.29, 0.717) is 13.0 Å². The summed E-state index contributed by atoms with van der Waals surface area (Å²) in [7, 11) is -2.88. The third kappa shape index (κ3) is 15.6. The second-order valence-electron chi connectivity index (χ2n) is 5.79. The molecule has 0 aromatic carbocycles. The predicted molar refractivity (Wildman–Crippen MR) is 96.3 cm³/mol. The van der Waals surface area contributed by atoms with E-state index in [1.807, 2.05) is 6.92 Å². The Morgan fingerprint density at radius 1 is 0.909 bits per heavy atom. The minimum absolute atomic E-state index is 0.202. The van der Waals surface area contributed by atoms with Gasteiger partial charge < -0.3 is 10.6 Å². The Balaban J connectivity index is 3.75. The lowest BCUT2D eigenvalue weighted by Crippen LogP contribution is -2.37. The largest absolute Gasteiger partial charge is 0.357 e. The number of hydrogen-bond acceptors (Lipinski definition) is 3. The van der Waals surface area contributed by atoms with Crippen LogP contribution in [0.4, 0.5) is 0 Å². The Morgan fingerprint density at radius 2 is 1.55 bits per heavy atom. The summed E-state index contributed by atoms with van der Waals surface area (Å²) in [4.78, 5) is 4.40. The van der Waals surface area contributed by atoms with Crippen molar-refractivity contribution in [2.75, 3.05) is 31.6 Å². The fraction of sp³-hybridized carbons (Fsp3) is 0.938. The van der Waals surface area contributed by atoms with Crippen LogP contribution in [-0.4, -0.2) is 46.0 Å². The van der Waals surface area contributed by atoms with Crippen LogP contribution in [0.2, 0.25) is 0 Å². The van der Waals surface area contributed by atoms with E-state index in [-0.39, 0.29) is 5.75 Å².